The van der Waals surface area contributed by atoms with Gasteiger partial charge in [0, 0.05) is 6.54 Å². The molecule has 2 rings (SSSR count). The third-order valence-electron chi connectivity index (χ3n) is 4.61. The number of carbonyl (C=O) groups is 3. The van der Waals surface area contributed by atoms with Gasteiger partial charge in [-0.3, -0.25) is 9.59 Å². The summed E-state index contributed by atoms with van der Waals surface area (Å²) in [5.74, 6) is -0.281. The fraction of sp³-hybridized carbons (Fsp3) is 0.550. The van der Waals surface area contributed by atoms with E-state index in [1.165, 1.54) is 0 Å². The highest BCUT2D eigenvalue weighted by Gasteiger charge is 2.32. The van der Waals surface area contributed by atoms with Crippen molar-refractivity contribution < 1.29 is 19.1 Å². The van der Waals surface area contributed by atoms with Crippen LogP contribution >= 0.6 is 0 Å². The summed E-state index contributed by atoms with van der Waals surface area (Å²) in [5.41, 5.74) is 6.38. The summed E-state index contributed by atoms with van der Waals surface area (Å²) in [4.78, 5) is 35.9. The second-order valence-electron chi connectivity index (χ2n) is 6.89. The zero-order valence-electron chi connectivity index (χ0n) is 16.1. The van der Waals surface area contributed by atoms with Gasteiger partial charge in [-0.25, -0.2) is 4.79 Å². The van der Waals surface area contributed by atoms with E-state index in [0.29, 0.717) is 38.8 Å². The van der Waals surface area contributed by atoms with Crippen LogP contribution in [0.5, 0.6) is 0 Å². The van der Waals surface area contributed by atoms with E-state index in [1.807, 2.05) is 30.3 Å². The van der Waals surface area contributed by atoms with E-state index in [-0.39, 0.29) is 18.4 Å². The van der Waals surface area contributed by atoms with Gasteiger partial charge in [-0.15, -0.1) is 0 Å². The van der Waals surface area contributed by atoms with Gasteiger partial charge in [-0.2, -0.15) is 0 Å². The zero-order chi connectivity index (χ0) is 20.2. The second kappa shape index (κ2) is 12.0. The van der Waals surface area contributed by atoms with Crippen molar-refractivity contribution in [3.05, 3.63) is 35.9 Å². The lowest BCUT2D eigenvalue weighted by Crippen LogP contribution is -2.61. The monoisotopic (exact) mass is 390 g/mol. The maximum Gasteiger partial charge on any atom is 0.407 e. The van der Waals surface area contributed by atoms with E-state index < -0.39 is 18.2 Å². The lowest BCUT2D eigenvalue weighted by atomic mass is 10.0. The number of unbranched alkanes of at least 4 members (excludes halogenated alkanes) is 2. The number of hydrogen-bond acceptors (Lipinski definition) is 5. The third-order valence-corrected chi connectivity index (χ3v) is 4.61. The molecule has 3 amide bonds. The Labute approximate surface area is 165 Å². The molecule has 0 saturated carbocycles. The van der Waals surface area contributed by atoms with Crippen molar-refractivity contribution in [3.63, 3.8) is 0 Å². The minimum absolute atomic E-state index is 0.135. The van der Waals surface area contributed by atoms with Crippen molar-refractivity contribution in [2.75, 3.05) is 13.1 Å². The molecular formula is C20H30N4O4. The lowest BCUT2D eigenvalue weighted by Gasteiger charge is -2.29. The molecule has 8 nitrogen and oxygen atoms in total. The third kappa shape index (κ3) is 7.56. The fourth-order valence-electron chi connectivity index (χ4n) is 3.01. The molecule has 28 heavy (non-hydrogen) atoms. The van der Waals surface area contributed by atoms with E-state index in [2.05, 4.69) is 16.0 Å². The Hall–Kier alpha value is -2.61. The van der Waals surface area contributed by atoms with Crippen molar-refractivity contribution in [3.8, 4) is 0 Å². The topological polar surface area (TPSA) is 123 Å². The van der Waals surface area contributed by atoms with Crippen molar-refractivity contribution in [1.29, 1.82) is 0 Å². The minimum Gasteiger partial charge on any atom is -0.445 e. The average Bonchev–Trinajstić information content (AvgIpc) is 2.70. The van der Waals surface area contributed by atoms with E-state index in [0.717, 1.165) is 18.4 Å². The van der Waals surface area contributed by atoms with Crippen LogP contribution in [0.1, 0.15) is 44.1 Å². The Kier molecular flexibility index (Phi) is 9.27. The van der Waals surface area contributed by atoms with E-state index in [4.69, 9.17) is 10.5 Å². The molecule has 1 saturated heterocycles. The van der Waals surface area contributed by atoms with Crippen LogP contribution in [-0.4, -0.2) is 43.1 Å². The van der Waals surface area contributed by atoms with Gasteiger partial charge >= 0.3 is 6.09 Å². The normalized spacial score (nSPS) is 18.9. The van der Waals surface area contributed by atoms with Crippen molar-refractivity contribution >= 4 is 17.9 Å². The van der Waals surface area contributed by atoms with Gasteiger partial charge in [-0.1, -0.05) is 30.3 Å². The van der Waals surface area contributed by atoms with Crippen LogP contribution in [0.25, 0.3) is 0 Å². The number of nitrogens with two attached hydrogens (primary N) is 1. The van der Waals surface area contributed by atoms with Crippen LogP contribution in [-0.2, 0) is 20.9 Å². The summed E-state index contributed by atoms with van der Waals surface area (Å²) in [6.07, 6.45) is 3.72. The molecule has 0 radical (unpaired) electrons. The maximum atomic E-state index is 12.1. The SMILES string of the molecule is NCCCCC1NC(=O)C(CCCCNC(=O)OCc2ccccc2)NC1=O. The number of amides is 3. The molecule has 0 aromatic heterocycles. The highest BCUT2D eigenvalue weighted by Crippen LogP contribution is 2.10. The molecule has 1 aliphatic rings. The summed E-state index contributed by atoms with van der Waals surface area (Å²) in [7, 11) is 0. The van der Waals surface area contributed by atoms with Gasteiger partial charge in [0.05, 0.1) is 0 Å². The molecule has 0 bridgehead atoms. The highest BCUT2D eigenvalue weighted by molar-refractivity contribution is 5.96. The number of nitrogens with one attached hydrogen (secondary N) is 3. The molecule has 1 aromatic carbocycles. The van der Waals surface area contributed by atoms with Crippen molar-refractivity contribution in [1.82, 2.24) is 16.0 Å². The molecule has 0 spiro atoms. The Morgan fingerprint density at radius 2 is 1.57 bits per heavy atom. The van der Waals surface area contributed by atoms with Crippen LogP contribution in [0, 0.1) is 0 Å². The molecule has 2 atom stereocenters. The number of piperazine rings is 1. The standard InChI is InChI=1S/C20H30N4O4/c21-12-6-4-10-16-18(25)24-17(19(26)23-16)11-5-7-13-22-20(27)28-14-15-8-2-1-3-9-15/h1-3,8-9,16-17H,4-7,10-14,21H2,(H,22,27)(H,23,26)(H,24,25). The molecule has 2 unspecified atom stereocenters. The van der Waals surface area contributed by atoms with Gasteiger partial charge in [-0.05, 0) is 50.6 Å². The first kappa shape index (κ1) is 21.7. The molecular weight excluding hydrogens is 360 g/mol. The lowest BCUT2D eigenvalue weighted by molar-refractivity contribution is -0.137. The molecule has 1 fully saturated rings. The van der Waals surface area contributed by atoms with Crippen LogP contribution in [0.4, 0.5) is 4.79 Å². The predicted molar refractivity (Wildman–Crippen MR) is 105 cm³/mol. The van der Waals surface area contributed by atoms with Crippen molar-refractivity contribution in [2.24, 2.45) is 5.73 Å². The van der Waals surface area contributed by atoms with Crippen LogP contribution < -0.4 is 21.7 Å². The van der Waals surface area contributed by atoms with E-state index >= 15 is 0 Å². The van der Waals surface area contributed by atoms with Gasteiger partial charge in [0.1, 0.15) is 18.7 Å². The summed E-state index contributed by atoms with van der Waals surface area (Å²) in [6.45, 7) is 1.27. The zero-order valence-corrected chi connectivity index (χ0v) is 16.1. The molecule has 1 heterocycles. The second-order valence-corrected chi connectivity index (χ2v) is 6.89. The molecule has 154 valence electrons. The number of carbonyl (C=O) groups excluding carboxylic acids is 3. The first-order chi connectivity index (χ1) is 13.6. The van der Waals surface area contributed by atoms with Crippen molar-refractivity contribution in [2.45, 2.75) is 57.2 Å². The average molecular weight is 390 g/mol. The molecule has 1 aromatic rings. The van der Waals surface area contributed by atoms with Gasteiger partial charge in [0.15, 0.2) is 0 Å². The number of rotatable bonds is 11. The Morgan fingerprint density at radius 3 is 2.18 bits per heavy atom. The van der Waals surface area contributed by atoms with E-state index in [9.17, 15) is 14.4 Å². The number of ether oxygens (including phenoxy) is 1. The molecule has 1 aliphatic heterocycles. The Bertz CT molecular complexity index is 638. The summed E-state index contributed by atoms with van der Waals surface area (Å²) >= 11 is 0. The summed E-state index contributed by atoms with van der Waals surface area (Å²) in [6, 6.07) is 8.48. The Morgan fingerprint density at radius 1 is 0.964 bits per heavy atom. The molecule has 0 aliphatic carbocycles. The summed E-state index contributed by atoms with van der Waals surface area (Å²) < 4.78 is 5.13. The van der Waals surface area contributed by atoms with Crippen LogP contribution in [0.2, 0.25) is 0 Å². The van der Waals surface area contributed by atoms with Crippen LogP contribution in [0.3, 0.4) is 0 Å². The number of hydrogen-bond donors (Lipinski definition) is 4. The number of benzene rings is 1. The molecule has 8 heteroatoms. The first-order valence-corrected chi connectivity index (χ1v) is 9.85. The van der Waals surface area contributed by atoms with E-state index in [1.54, 1.807) is 0 Å². The highest BCUT2D eigenvalue weighted by atomic mass is 16.5. The first-order valence-electron chi connectivity index (χ1n) is 9.85. The predicted octanol–water partition coefficient (Wildman–Crippen LogP) is 1.20. The smallest absolute Gasteiger partial charge is 0.407 e. The van der Waals surface area contributed by atoms with Gasteiger partial charge < -0.3 is 26.4 Å². The number of alkyl carbamates (subject to hydrolysis) is 1. The van der Waals surface area contributed by atoms with Gasteiger partial charge in [0.2, 0.25) is 11.8 Å². The minimum atomic E-state index is -0.511. The quantitative estimate of drug-likeness (QED) is 0.423. The Balaban J connectivity index is 1.56. The summed E-state index contributed by atoms with van der Waals surface area (Å²) in [5, 5.41) is 8.26. The fourth-order valence-corrected chi connectivity index (χ4v) is 3.01. The largest absolute Gasteiger partial charge is 0.445 e. The maximum absolute atomic E-state index is 12.1. The van der Waals surface area contributed by atoms with Gasteiger partial charge in [0.25, 0.3) is 0 Å². The van der Waals surface area contributed by atoms with Crippen LogP contribution in [0.15, 0.2) is 30.3 Å². The molecule has 5 N–H and O–H groups in total.